The lowest BCUT2D eigenvalue weighted by Gasteiger charge is -2.34. The summed E-state index contributed by atoms with van der Waals surface area (Å²) >= 11 is 0. The molecule has 248 valence electrons. The molecule has 0 spiro atoms. The van der Waals surface area contributed by atoms with Gasteiger partial charge in [-0.05, 0) is 77.3 Å². The molecule has 0 radical (unpaired) electrons. The van der Waals surface area contributed by atoms with E-state index in [1.54, 1.807) is 78.8 Å². The summed E-state index contributed by atoms with van der Waals surface area (Å²) < 4.78 is 10.8. The molecule has 0 bridgehead atoms. The number of hydrogen-bond acceptors (Lipinski definition) is 9. The lowest BCUT2D eigenvalue weighted by atomic mass is 9.98. The minimum Gasteiger partial charge on any atom is -0.508 e. The van der Waals surface area contributed by atoms with Crippen LogP contribution in [0.2, 0.25) is 0 Å². The molecule has 0 fully saturated rings. The number of hydrogen-bond donors (Lipinski definition) is 4. The number of aryl methyl sites for hydroxylation is 1. The normalized spacial score (nSPS) is 13.3. The molecule has 0 aliphatic rings. The quantitative estimate of drug-likeness (QED) is 0.199. The third-order valence-electron chi connectivity index (χ3n) is 6.31. The van der Waals surface area contributed by atoms with Crippen LogP contribution in [0.25, 0.3) is 0 Å². The summed E-state index contributed by atoms with van der Waals surface area (Å²) in [6.07, 6.45) is -1.66. The van der Waals surface area contributed by atoms with Crippen molar-refractivity contribution in [2.24, 2.45) is 5.73 Å². The van der Waals surface area contributed by atoms with E-state index in [4.69, 9.17) is 15.2 Å². The van der Waals surface area contributed by atoms with Crippen molar-refractivity contribution < 1.29 is 38.6 Å². The van der Waals surface area contributed by atoms with Gasteiger partial charge in [0.05, 0.1) is 12.5 Å². The number of phenolic OH excluding ortho intramolecular Hbond substituents is 1. The number of aromatic hydroxyl groups is 1. The molecule has 13 nitrogen and oxygen atoms in total. The van der Waals surface area contributed by atoms with E-state index in [0.717, 1.165) is 4.90 Å². The third kappa shape index (κ3) is 11.8. The minimum atomic E-state index is -1.61. The zero-order chi connectivity index (χ0) is 34.8. The largest absolute Gasteiger partial charge is 0.508 e. The second-order valence-corrected chi connectivity index (χ2v) is 12.7. The van der Waals surface area contributed by atoms with Crippen LogP contribution in [0, 0.1) is 18.3 Å². The van der Waals surface area contributed by atoms with Crippen LogP contribution >= 0.6 is 0 Å². The maximum atomic E-state index is 14.2. The molecule has 0 heterocycles. The van der Waals surface area contributed by atoms with E-state index in [1.165, 1.54) is 18.2 Å². The highest BCUT2D eigenvalue weighted by atomic mass is 16.6. The second kappa shape index (κ2) is 15.7. The van der Waals surface area contributed by atoms with Gasteiger partial charge in [-0.15, -0.1) is 0 Å². The van der Waals surface area contributed by atoms with Crippen LogP contribution < -0.4 is 16.4 Å². The number of ether oxygens (including phenoxy) is 2. The zero-order valence-corrected chi connectivity index (χ0v) is 27.2. The van der Waals surface area contributed by atoms with E-state index in [9.17, 15) is 34.3 Å². The number of rotatable bonds is 12. The lowest BCUT2D eigenvalue weighted by Crippen LogP contribution is -2.55. The topological polar surface area (TPSA) is 201 Å². The molecular weight excluding hydrogens is 594 g/mol. The first kappa shape index (κ1) is 37.1. The molecular formula is C33H43N5O8. The van der Waals surface area contributed by atoms with Crippen molar-refractivity contribution in [2.45, 2.75) is 90.6 Å². The Bertz CT molecular complexity index is 1460. The average molecular weight is 638 g/mol. The van der Waals surface area contributed by atoms with Gasteiger partial charge < -0.3 is 35.8 Å². The van der Waals surface area contributed by atoms with Gasteiger partial charge in [-0.25, -0.2) is 9.59 Å². The van der Waals surface area contributed by atoms with E-state index >= 15 is 0 Å². The van der Waals surface area contributed by atoms with Crippen molar-refractivity contribution in [1.29, 1.82) is 5.26 Å². The fourth-order valence-electron chi connectivity index (χ4n) is 4.41. The number of primary amides is 1. The number of phenols is 1. The van der Waals surface area contributed by atoms with Gasteiger partial charge in [-0.3, -0.25) is 14.4 Å². The van der Waals surface area contributed by atoms with Gasteiger partial charge in [-0.1, -0.05) is 36.4 Å². The summed E-state index contributed by atoms with van der Waals surface area (Å²) in [5, 5.41) is 24.9. The Balaban J connectivity index is 2.63. The zero-order valence-electron chi connectivity index (χ0n) is 27.2. The molecule has 0 saturated carbocycles. The Kier molecular flexibility index (Phi) is 12.7. The van der Waals surface area contributed by atoms with Crippen molar-refractivity contribution in [3.8, 4) is 11.8 Å². The van der Waals surface area contributed by atoms with Crippen molar-refractivity contribution >= 4 is 29.8 Å². The minimum absolute atomic E-state index is 0.0412. The van der Waals surface area contributed by atoms with Gasteiger partial charge in [0.1, 0.15) is 41.6 Å². The Morgan fingerprint density at radius 1 is 0.935 bits per heavy atom. The summed E-state index contributed by atoms with van der Waals surface area (Å²) in [4.78, 5) is 67.0. The summed E-state index contributed by atoms with van der Waals surface area (Å²) in [5.41, 5.74) is 4.80. The van der Waals surface area contributed by atoms with Crippen LogP contribution in [0.5, 0.6) is 5.75 Å². The first-order valence-electron chi connectivity index (χ1n) is 14.6. The fraction of sp³-hybridized carbons (Fsp3) is 0.455. The number of alkyl carbamates (subject to hydrolysis) is 1. The molecule has 2 aromatic carbocycles. The number of esters is 1. The van der Waals surface area contributed by atoms with Gasteiger partial charge in [0, 0.05) is 6.42 Å². The van der Waals surface area contributed by atoms with Gasteiger partial charge >= 0.3 is 12.1 Å². The van der Waals surface area contributed by atoms with Crippen LogP contribution in [0.4, 0.5) is 4.79 Å². The number of carbonyl (C=O) groups excluding carboxylic acids is 5. The van der Waals surface area contributed by atoms with Crippen LogP contribution in [0.1, 0.15) is 70.7 Å². The van der Waals surface area contributed by atoms with Gasteiger partial charge in [0.2, 0.25) is 17.7 Å². The number of nitrogens with two attached hydrogens (primary N) is 1. The standard InChI is InChI=1S/C33H43N5O8/c1-20-17-22(13-14-25(20)39)27(28(41)36-24(30(43)45-32(2,3)4)18-21-11-9-8-10-12-21)38(16-15-34)29(42)23(19-26(35)40)37-31(44)46-33(5,6)7/h8-14,17,23-24,27,39H,16,18-19H2,1-7H3,(H2,35,40)(H,36,41)(H,37,44). The van der Waals surface area contributed by atoms with E-state index in [2.05, 4.69) is 10.6 Å². The first-order chi connectivity index (χ1) is 21.3. The molecule has 4 amide bonds. The maximum Gasteiger partial charge on any atom is 0.408 e. The summed E-state index contributed by atoms with van der Waals surface area (Å²) in [7, 11) is 0. The maximum absolute atomic E-state index is 14.2. The molecule has 3 unspecified atom stereocenters. The van der Waals surface area contributed by atoms with Crippen LogP contribution in [-0.4, -0.2) is 69.6 Å². The smallest absolute Gasteiger partial charge is 0.408 e. The van der Waals surface area contributed by atoms with Crippen LogP contribution in [0.3, 0.4) is 0 Å². The number of nitriles is 1. The molecule has 13 heteroatoms. The first-order valence-corrected chi connectivity index (χ1v) is 14.6. The highest BCUT2D eigenvalue weighted by Gasteiger charge is 2.39. The van der Waals surface area contributed by atoms with Crippen molar-refractivity contribution in [3.05, 3.63) is 65.2 Å². The predicted octanol–water partition coefficient (Wildman–Crippen LogP) is 2.93. The third-order valence-corrected chi connectivity index (χ3v) is 6.31. The Morgan fingerprint density at radius 2 is 1.54 bits per heavy atom. The number of carbonyl (C=O) groups is 5. The molecule has 5 N–H and O–H groups in total. The molecule has 0 aliphatic heterocycles. The van der Waals surface area contributed by atoms with E-state index in [0.29, 0.717) is 11.1 Å². The monoisotopic (exact) mass is 637 g/mol. The van der Waals surface area contributed by atoms with Crippen LogP contribution in [0.15, 0.2) is 48.5 Å². The highest BCUT2D eigenvalue weighted by Crippen LogP contribution is 2.28. The fourth-order valence-corrected chi connectivity index (χ4v) is 4.41. The van der Waals surface area contributed by atoms with Crippen molar-refractivity contribution in [3.63, 3.8) is 0 Å². The molecule has 0 aliphatic carbocycles. The molecule has 2 rings (SSSR count). The number of nitrogens with zero attached hydrogens (tertiary/aromatic N) is 2. The SMILES string of the molecule is Cc1cc(C(C(=O)NC(Cc2ccccc2)C(=O)OC(C)(C)C)N(CC#N)C(=O)C(CC(N)=O)NC(=O)OC(C)(C)C)ccc1O. The summed E-state index contributed by atoms with van der Waals surface area (Å²) in [6.45, 7) is 10.7. The highest BCUT2D eigenvalue weighted by molar-refractivity contribution is 5.96. The lowest BCUT2D eigenvalue weighted by molar-refractivity contribution is -0.159. The number of benzene rings is 2. The number of amides is 4. The Hall–Kier alpha value is -5.12. The Morgan fingerprint density at radius 3 is 2.07 bits per heavy atom. The second-order valence-electron chi connectivity index (χ2n) is 12.7. The summed E-state index contributed by atoms with van der Waals surface area (Å²) in [6, 6.07) is 10.5. The summed E-state index contributed by atoms with van der Waals surface area (Å²) in [5.74, 6) is -3.62. The van der Waals surface area contributed by atoms with Gasteiger partial charge in [0.15, 0.2) is 0 Å². The van der Waals surface area contributed by atoms with E-state index in [1.807, 2.05) is 6.07 Å². The van der Waals surface area contributed by atoms with Crippen molar-refractivity contribution in [1.82, 2.24) is 15.5 Å². The van der Waals surface area contributed by atoms with Crippen LogP contribution in [-0.2, 0) is 35.1 Å². The van der Waals surface area contributed by atoms with E-state index in [-0.39, 0.29) is 17.7 Å². The Labute approximate surface area is 269 Å². The molecule has 2 aromatic rings. The molecule has 0 saturated heterocycles. The van der Waals surface area contributed by atoms with Gasteiger partial charge in [0.25, 0.3) is 0 Å². The molecule has 0 aromatic heterocycles. The predicted molar refractivity (Wildman–Crippen MR) is 168 cm³/mol. The van der Waals surface area contributed by atoms with Crippen molar-refractivity contribution in [2.75, 3.05) is 6.54 Å². The average Bonchev–Trinajstić information content (AvgIpc) is 2.92. The molecule has 46 heavy (non-hydrogen) atoms. The molecule has 3 atom stereocenters. The van der Waals surface area contributed by atoms with E-state index < -0.39 is 72.1 Å². The number of nitrogens with one attached hydrogen (secondary N) is 2. The van der Waals surface area contributed by atoms with Gasteiger partial charge in [-0.2, -0.15) is 5.26 Å².